The average molecular weight is 424 g/mol. The van der Waals surface area contributed by atoms with E-state index < -0.39 is 6.03 Å². The lowest BCUT2D eigenvalue weighted by molar-refractivity contribution is -0.117. The Morgan fingerprint density at radius 1 is 1.21 bits per heavy atom. The topological polar surface area (TPSA) is 105 Å². The van der Waals surface area contributed by atoms with Crippen molar-refractivity contribution < 1.29 is 14.3 Å². The highest BCUT2D eigenvalue weighted by Gasteiger charge is 2.11. The van der Waals surface area contributed by atoms with Gasteiger partial charge in [-0.2, -0.15) is 0 Å². The van der Waals surface area contributed by atoms with Gasteiger partial charge in [-0.3, -0.25) is 10.1 Å². The first-order valence-electron chi connectivity index (χ1n) is 8.91. The molecule has 0 unspecified atom stereocenters. The maximum atomic E-state index is 11.9. The van der Waals surface area contributed by atoms with Crippen LogP contribution in [0.2, 0.25) is 0 Å². The minimum absolute atomic E-state index is 0.0864. The molecule has 28 heavy (non-hydrogen) atoms. The number of benzene rings is 1. The molecule has 0 aliphatic heterocycles. The van der Waals surface area contributed by atoms with Crippen molar-refractivity contribution in [3.8, 4) is 0 Å². The SMILES string of the molecule is Cc1ccc(Nc2nnc(SCC(=O)NC(=O)NCCCOC(C)C)s2)cc1. The van der Waals surface area contributed by atoms with Crippen molar-refractivity contribution in [3.63, 3.8) is 0 Å². The van der Waals surface area contributed by atoms with Crippen molar-refractivity contribution >= 4 is 45.9 Å². The highest BCUT2D eigenvalue weighted by Crippen LogP contribution is 2.27. The quantitative estimate of drug-likeness (QED) is 0.398. The number of amides is 3. The molecule has 2 aromatic rings. The normalized spacial score (nSPS) is 10.7. The van der Waals surface area contributed by atoms with Crippen molar-refractivity contribution in [1.82, 2.24) is 20.8 Å². The molecule has 3 amide bonds. The van der Waals surface area contributed by atoms with Crippen LogP contribution in [0.4, 0.5) is 15.6 Å². The number of urea groups is 1. The lowest BCUT2D eigenvalue weighted by Gasteiger charge is -2.08. The number of carbonyl (C=O) groups is 2. The predicted molar refractivity (Wildman–Crippen MR) is 112 cm³/mol. The molecule has 152 valence electrons. The fourth-order valence-corrected chi connectivity index (χ4v) is 3.58. The molecule has 1 heterocycles. The number of imide groups is 1. The van der Waals surface area contributed by atoms with Gasteiger partial charge in [-0.15, -0.1) is 10.2 Å². The first-order chi connectivity index (χ1) is 13.4. The Balaban J connectivity index is 1.65. The zero-order valence-corrected chi connectivity index (χ0v) is 17.8. The number of rotatable bonds is 10. The van der Waals surface area contributed by atoms with Crippen LogP contribution in [0.5, 0.6) is 0 Å². The van der Waals surface area contributed by atoms with Gasteiger partial charge in [-0.05, 0) is 39.3 Å². The van der Waals surface area contributed by atoms with Crippen LogP contribution in [0.15, 0.2) is 28.6 Å². The Morgan fingerprint density at radius 2 is 1.96 bits per heavy atom. The van der Waals surface area contributed by atoms with Crippen molar-refractivity contribution in [2.24, 2.45) is 0 Å². The Labute approximate surface area is 172 Å². The molecule has 10 heteroatoms. The molecule has 0 spiro atoms. The Hall–Kier alpha value is -2.17. The number of aromatic nitrogens is 2. The number of carbonyl (C=O) groups excluding carboxylic acids is 2. The smallest absolute Gasteiger partial charge is 0.321 e. The third kappa shape index (κ3) is 8.68. The molecule has 1 aromatic heterocycles. The monoisotopic (exact) mass is 423 g/mol. The summed E-state index contributed by atoms with van der Waals surface area (Å²) in [7, 11) is 0. The largest absolute Gasteiger partial charge is 0.379 e. The maximum absolute atomic E-state index is 11.9. The highest BCUT2D eigenvalue weighted by atomic mass is 32.2. The zero-order chi connectivity index (χ0) is 20.4. The Morgan fingerprint density at radius 3 is 2.68 bits per heavy atom. The van der Waals surface area contributed by atoms with Crippen LogP contribution in [-0.2, 0) is 9.53 Å². The summed E-state index contributed by atoms with van der Waals surface area (Å²) in [5.74, 6) is -0.299. The van der Waals surface area contributed by atoms with Crippen molar-refractivity contribution in [3.05, 3.63) is 29.8 Å². The molecule has 0 aliphatic rings. The number of nitrogens with one attached hydrogen (secondary N) is 3. The number of ether oxygens (including phenoxy) is 1. The zero-order valence-electron chi connectivity index (χ0n) is 16.2. The summed E-state index contributed by atoms with van der Waals surface area (Å²) < 4.78 is 6.03. The van der Waals surface area contributed by atoms with Gasteiger partial charge in [0.1, 0.15) is 0 Å². The number of hydrogen-bond acceptors (Lipinski definition) is 8. The van der Waals surface area contributed by atoms with Crippen LogP contribution in [0.3, 0.4) is 0 Å². The molecule has 0 saturated heterocycles. The number of nitrogens with zero attached hydrogens (tertiary/aromatic N) is 2. The second kappa shape index (κ2) is 11.6. The summed E-state index contributed by atoms with van der Waals surface area (Å²) in [6.45, 7) is 6.95. The van der Waals surface area contributed by atoms with E-state index in [1.165, 1.54) is 28.7 Å². The highest BCUT2D eigenvalue weighted by molar-refractivity contribution is 8.01. The number of anilines is 2. The molecule has 0 radical (unpaired) electrons. The number of aryl methyl sites for hydroxylation is 1. The van der Waals surface area contributed by atoms with Crippen LogP contribution in [0.25, 0.3) is 0 Å². The lowest BCUT2D eigenvalue weighted by atomic mass is 10.2. The van der Waals surface area contributed by atoms with Gasteiger partial charge in [-0.1, -0.05) is 40.8 Å². The van der Waals surface area contributed by atoms with Gasteiger partial charge in [-0.25, -0.2) is 4.79 Å². The molecule has 0 fully saturated rings. The van der Waals surface area contributed by atoms with Crippen LogP contribution < -0.4 is 16.0 Å². The molecule has 0 bridgehead atoms. The van der Waals surface area contributed by atoms with E-state index in [0.717, 1.165) is 5.69 Å². The molecular weight excluding hydrogens is 398 g/mol. The second-order valence-corrected chi connectivity index (χ2v) is 8.43. The van der Waals surface area contributed by atoms with Gasteiger partial charge in [0.15, 0.2) is 4.34 Å². The van der Waals surface area contributed by atoms with Crippen molar-refractivity contribution in [1.29, 1.82) is 0 Å². The summed E-state index contributed by atoms with van der Waals surface area (Å²) in [5.41, 5.74) is 2.10. The Bertz CT molecular complexity index is 765. The first-order valence-corrected chi connectivity index (χ1v) is 10.7. The predicted octanol–water partition coefficient (Wildman–Crippen LogP) is 3.32. The van der Waals surface area contributed by atoms with Gasteiger partial charge < -0.3 is 15.4 Å². The molecule has 0 atom stereocenters. The number of thioether (sulfide) groups is 1. The van der Waals surface area contributed by atoms with Crippen LogP contribution >= 0.6 is 23.1 Å². The molecule has 0 aliphatic carbocycles. The average Bonchev–Trinajstić information content (AvgIpc) is 3.09. The van der Waals surface area contributed by atoms with E-state index >= 15 is 0 Å². The lowest BCUT2D eigenvalue weighted by Crippen LogP contribution is -2.40. The first kappa shape index (κ1) is 22.1. The van der Waals surface area contributed by atoms with Gasteiger partial charge in [0.25, 0.3) is 0 Å². The summed E-state index contributed by atoms with van der Waals surface area (Å²) in [4.78, 5) is 23.5. The van der Waals surface area contributed by atoms with E-state index in [2.05, 4.69) is 26.1 Å². The van der Waals surface area contributed by atoms with E-state index in [-0.39, 0.29) is 17.8 Å². The van der Waals surface area contributed by atoms with Gasteiger partial charge in [0.05, 0.1) is 11.9 Å². The third-order valence-corrected chi connectivity index (χ3v) is 5.32. The molecule has 1 aromatic carbocycles. The molecule has 8 nitrogen and oxygen atoms in total. The summed E-state index contributed by atoms with van der Waals surface area (Å²) in [6, 6.07) is 7.43. The minimum atomic E-state index is -0.505. The summed E-state index contributed by atoms with van der Waals surface area (Å²) in [6.07, 6.45) is 0.858. The summed E-state index contributed by atoms with van der Waals surface area (Å²) in [5, 5.41) is 16.8. The standard InChI is InChI=1S/C18H25N5O3S2/c1-12(2)26-10-4-9-19-16(25)21-15(24)11-27-18-23-22-17(28-18)20-14-7-5-13(3)6-8-14/h5-8,12H,4,9-11H2,1-3H3,(H,20,22)(H2,19,21,24,25). The van der Waals surface area contributed by atoms with E-state index in [1.54, 1.807) is 0 Å². The third-order valence-electron chi connectivity index (χ3n) is 3.35. The van der Waals surface area contributed by atoms with E-state index in [1.807, 2.05) is 45.0 Å². The summed E-state index contributed by atoms with van der Waals surface area (Å²) >= 11 is 2.58. The fourth-order valence-electron chi connectivity index (χ4n) is 2.01. The van der Waals surface area contributed by atoms with Gasteiger partial charge in [0.2, 0.25) is 11.0 Å². The van der Waals surface area contributed by atoms with Crippen LogP contribution in [-0.4, -0.2) is 47.1 Å². The number of hydrogen-bond donors (Lipinski definition) is 3. The molecule has 2 rings (SSSR count). The van der Waals surface area contributed by atoms with Crippen molar-refractivity contribution in [2.75, 3.05) is 24.2 Å². The van der Waals surface area contributed by atoms with E-state index in [4.69, 9.17) is 4.74 Å². The van der Waals surface area contributed by atoms with E-state index in [9.17, 15) is 9.59 Å². The van der Waals surface area contributed by atoms with Crippen molar-refractivity contribution in [2.45, 2.75) is 37.6 Å². The van der Waals surface area contributed by atoms with Gasteiger partial charge in [0, 0.05) is 18.8 Å². The molecule has 3 N–H and O–H groups in total. The minimum Gasteiger partial charge on any atom is -0.379 e. The maximum Gasteiger partial charge on any atom is 0.321 e. The molecule has 0 saturated carbocycles. The fraction of sp³-hybridized carbons (Fsp3) is 0.444. The van der Waals surface area contributed by atoms with E-state index in [0.29, 0.717) is 29.0 Å². The molecular formula is C18H25N5O3S2. The van der Waals surface area contributed by atoms with Crippen LogP contribution in [0, 0.1) is 6.92 Å². The van der Waals surface area contributed by atoms with Crippen LogP contribution in [0.1, 0.15) is 25.8 Å². The Kier molecular flexibility index (Phi) is 9.18. The second-order valence-electron chi connectivity index (χ2n) is 6.23. The van der Waals surface area contributed by atoms with Gasteiger partial charge >= 0.3 is 6.03 Å².